The van der Waals surface area contributed by atoms with E-state index >= 15 is 0 Å². The van der Waals surface area contributed by atoms with Crippen LogP contribution < -0.4 is 19.7 Å². The second-order valence-electron chi connectivity index (χ2n) is 5.24. The Labute approximate surface area is 132 Å². The van der Waals surface area contributed by atoms with Gasteiger partial charge in [0.1, 0.15) is 11.5 Å². The van der Waals surface area contributed by atoms with Gasteiger partial charge < -0.3 is 24.6 Å². The van der Waals surface area contributed by atoms with Gasteiger partial charge in [-0.25, -0.2) is 4.79 Å². The molecule has 2 amide bonds. The van der Waals surface area contributed by atoms with Crippen LogP contribution in [0.2, 0.25) is 0 Å². The molecule has 0 unspecified atom stereocenters. The first kappa shape index (κ1) is 16.3. The maximum absolute atomic E-state index is 12.0. The average Bonchev–Trinajstić information content (AvgIpc) is 2.59. The summed E-state index contributed by atoms with van der Waals surface area (Å²) in [6, 6.07) is 5.80. The summed E-state index contributed by atoms with van der Waals surface area (Å²) >= 11 is 0. The molecule has 0 aliphatic carbocycles. The smallest absolute Gasteiger partial charge is 0.317 e. The van der Waals surface area contributed by atoms with Gasteiger partial charge in [-0.3, -0.25) is 0 Å². The van der Waals surface area contributed by atoms with Gasteiger partial charge in [0.05, 0.1) is 19.9 Å². The number of piperazine rings is 1. The van der Waals surface area contributed by atoms with Crippen LogP contribution in [0.1, 0.15) is 13.3 Å². The summed E-state index contributed by atoms with van der Waals surface area (Å²) in [5.41, 5.74) is 1.01. The lowest BCUT2D eigenvalue weighted by Gasteiger charge is -2.36. The number of nitrogens with zero attached hydrogens (tertiary/aromatic N) is 2. The standard InChI is InChI=1S/C16H25N3O3/c1-4-7-17-16(20)19-10-8-18(9-11-19)14-12-13(21-2)5-6-15(14)22-3/h5-6,12H,4,7-11H2,1-3H3,(H,17,20). The minimum atomic E-state index is 0.0270. The number of hydrogen-bond acceptors (Lipinski definition) is 4. The van der Waals surface area contributed by atoms with Gasteiger partial charge in [0, 0.05) is 38.8 Å². The second kappa shape index (κ2) is 7.77. The molecular formula is C16H25N3O3. The van der Waals surface area contributed by atoms with Crippen molar-refractivity contribution >= 4 is 11.7 Å². The summed E-state index contributed by atoms with van der Waals surface area (Å²) in [6.07, 6.45) is 0.951. The van der Waals surface area contributed by atoms with Crippen LogP contribution in [0, 0.1) is 0 Å². The Morgan fingerprint density at radius 2 is 1.91 bits per heavy atom. The Kier molecular flexibility index (Phi) is 5.75. The van der Waals surface area contributed by atoms with Crippen molar-refractivity contribution in [3.05, 3.63) is 18.2 Å². The predicted molar refractivity (Wildman–Crippen MR) is 87.0 cm³/mol. The highest BCUT2D eigenvalue weighted by atomic mass is 16.5. The van der Waals surface area contributed by atoms with Gasteiger partial charge in [0.15, 0.2) is 0 Å². The number of benzene rings is 1. The molecule has 6 nitrogen and oxygen atoms in total. The minimum Gasteiger partial charge on any atom is -0.497 e. The molecule has 2 rings (SSSR count). The first-order valence-electron chi connectivity index (χ1n) is 7.69. The van der Waals surface area contributed by atoms with E-state index in [4.69, 9.17) is 9.47 Å². The van der Waals surface area contributed by atoms with Gasteiger partial charge in [-0.1, -0.05) is 6.92 Å². The summed E-state index contributed by atoms with van der Waals surface area (Å²) in [7, 11) is 3.32. The Morgan fingerprint density at radius 3 is 2.50 bits per heavy atom. The lowest BCUT2D eigenvalue weighted by molar-refractivity contribution is 0.194. The van der Waals surface area contributed by atoms with Crippen molar-refractivity contribution in [3.8, 4) is 11.5 Å². The monoisotopic (exact) mass is 307 g/mol. The van der Waals surface area contributed by atoms with E-state index in [-0.39, 0.29) is 6.03 Å². The third-order valence-electron chi connectivity index (χ3n) is 3.82. The molecule has 0 radical (unpaired) electrons. The van der Waals surface area contributed by atoms with E-state index in [9.17, 15) is 4.79 Å². The molecule has 0 spiro atoms. The topological polar surface area (TPSA) is 54.0 Å². The summed E-state index contributed by atoms with van der Waals surface area (Å²) in [5, 5.41) is 2.92. The fourth-order valence-corrected chi connectivity index (χ4v) is 2.54. The molecule has 122 valence electrons. The number of amides is 2. The Morgan fingerprint density at radius 1 is 1.18 bits per heavy atom. The highest BCUT2D eigenvalue weighted by molar-refractivity contribution is 5.74. The Bertz CT molecular complexity index is 499. The van der Waals surface area contributed by atoms with Crippen molar-refractivity contribution in [2.24, 2.45) is 0 Å². The zero-order valence-corrected chi connectivity index (χ0v) is 13.6. The van der Waals surface area contributed by atoms with Crippen molar-refractivity contribution in [3.63, 3.8) is 0 Å². The summed E-state index contributed by atoms with van der Waals surface area (Å²) < 4.78 is 10.7. The van der Waals surface area contributed by atoms with E-state index < -0.39 is 0 Å². The molecule has 1 N–H and O–H groups in total. The minimum absolute atomic E-state index is 0.0270. The summed E-state index contributed by atoms with van der Waals surface area (Å²) in [4.78, 5) is 16.1. The van der Waals surface area contributed by atoms with Crippen LogP contribution in [-0.4, -0.2) is 57.9 Å². The molecule has 22 heavy (non-hydrogen) atoms. The number of carbonyl (C=O) groups is 1. The normalized spacial score (nSPS) is 14.7. The maximum atomic E-state index is 12.0. The van der Waals surface area contributed by atoms with Crippen molar-refractivity contribution in [1.29, 1.82) is 0 Å². The predicted octanol–water partition coefficient (Wildman–Crippen LogP) is 1.95. The number of nitrogens with one attached hydrogen (secondary N) is 1. The van der Waals surface area contributed by atoms with Crippen LogP contribution in [0.15, 0.2) is 18.2 Å². The molecule has 1 aromatic carbocycles. The van der Waals surface area contributed by atoms with E-state index in [0.29, 0.717) is 13.1 Å². The van der Waals surface area contributed by atoms with Crippen LogP contribution in [0.4, 0.5) is 10.5 Å². The molecular weight excluding hydrogens is 282 g/mol. The van der Waals surface area contributed by atoms with Crippen molar-refractivity contribution in [1.82, 2.24) is 10.2 Å². The van der Waals surface area contributed by atoms with E-state index in [0.717, 1.165) is 43.2 Å². The number of carbonyl (C=O) groups excluding carboxylic acids is 1. The SMILES string of the molecule is CCCNC(=O)N1CCN(c2cc(OC)ccc2OC)CC1. The van der Waals surface area contributed by atoms with E-state index in [1.54, 1.807) is 14.2 Å². The summed E-state index contributed by atoms with van der Waals surface area (Å²) in [6.45, 7) is 5.74. The van der Waals surface area contributed by atoms with Gasteiger partial charge in [-0.2, -0.15) is 0 Å². The van der Waals surface area contributed by atoms with Gasteiger partial charge in [0.25, 0.3) is 0 Å². The molecule has 0 atom stereocenters. The molecule has 1 heterocycles. The number of urea groups is 1. The lowest BCUT2D eigenvalue weighted by atomic mass is 10.2. The molecule has 0 aromatic heterocycles. The zero-order chi connectivity index (χ0) is 15.9. The summed E-state index contributed by atoms with van der Waals surface area (Å²) in [5.74, 6) is 1.63. The highest BCUT2D eigenvalue weighted by Crippen LogP contribution is 2.32. The molecule has 1 aromatic rings. The maximum Gasteiger partial charge on any atom is 0.317 e. The average molecular weight is 307 g/mol. The molecule has 1 fully saturated rings. The van der Waals surface area contributed by atoms with Crippen LogP contribution in [-0.2, 0) is 0 Å². The lowest BCUT2D eigenvalue weighted by Crippen LogP contribution is -2.52. The van der Waals surface area contributed by atoms with Gasteiger partial charge in [0.2, 0.25) is 0 Å². The molecule has 1 aliphatic rings. The number of anilines is 1. The Balaban J connectivity index is 2.00. The van der Waals surface area contributed by atoms with Crippen LogP contribution in [0.5, 0.6) is 11.5 Å². The van der Waals surface area contributed by atoms with E-state index in [1.807, 2.05) is 30.0 Å². The third-order valence-corrected chi connectivity index (χ3v) is 3.82. The second-order valence-corrected chi connectivity index (χ2v) is 5.24. The third kappa shape index (κ3) is 3.75. The quantitative estimate of drug-likeness (QED) is 0.903. The van der Waals surface area contributed by atoms with E-state index in [2.05, 4.69) is 10.2 Å². The van der Waals surface area contributed by atoms with Crippen molar-refractivity contribution in [2.75, 3.05) is 51.8 Å². The fourth-order valence-electron chi connectivity index (χ4n) is 2.54. The fraction of sp³-hybridized carbons (Fsp3) is 0.562. The Hall–Kier alpha value is -2.11. The van der Waals surface area contributed by atoms with Crippen LogP contribution in [0.25, 0.3) is 0 Å². The van der Waals surface area contributed by atoms with E-state index in [1.165, 1.54) is 0 Å². The van der Waals surface area contributed by atoms with Crippen molar-refractivity contribution < 1.29 is 14.3 Å². The van der Waals surface area contributed by atoms with Crippen molar-refractivity contribution in [2.45, 2.75) is 13.3 Å². The highest BCUT2D eigenvalue weighted by Gasteiger charge is 2.23. The van der Waals surface area contributed by atoms with Gasteiger partial charge in [-0.15, -0.1) is 0 Å². The molecule has 6 heteroatoms. The first-order valence-corrected chi connectivity index (χ1v) is 7.69. The number of methoxy groups -OCH3 is 2. The molecule has 0 bridgehead atoms. The molecule has 1 saturated heterocycles. The molecule has 0 saturated carbocycles. The molecule has 1 aliphatic heterocycles. The largest absolute Gasteiger partial charge is 0.497 e. The zero-order valence-electron chi connectivity index (χ0n) is 13.6. The van der Waals surface area contributed by atoms with Crippen LogP contribution in [0.3, 0.4) is 0 Å². The number of ether oxygens (including phenoxy) is 2. The first-order chi connectivity index (χ1) is 10.7. The van der Waals surface area contributed by atoms with Gasteiger partial charge >= 0.3 is 6.03 Å². The van der Waals surface area contributed by atoms with Gasteiger partial charge in [-0.05, 0) is 18.6 Å². The number of hydrogen-bond donors (Lipinski definition) is 1. The van der Waals surface area contributed by atoms with Crippen LogP contribution >= 0.6 is 0 Å². The number of rotatable bonds is 5.